The van der Waals surface area contributed by atoms with Crippen LogP contribution in [0.5, 0.6) is 5.75 Å². The van der Waals surface area contributed by atoms with Gasteiger partial charge in [-0.2, -0.15) is 4.31 Å². The molecule has 4 heterocycles. The number of piperidine rings is 1. The number of aliphatic hydroxyl groups is 1. The molecule has 3 aromatic carbocycles. The summed E-state index contributed by atoms with van der Waals surface area (Å²) in [4.78, 5) is 45.1. The SMILES string of the molecule is COc1ccc(S(=O)(=O)N(CCO)CCOC2CC(c3coc4ccccc4c3=O)C=C(C(=O)N3CCC(n4c(=O)[nH]c5ccccc54)CC3)O2)cc1. The smallest absolute Gasteiger partial charge is 0.326 e. The van der Waals surface area contributed by atoms with E-state index >= 15 is 0 Å². The summed E-state index contributed by atoms with van der Waals surface area (Å²) < 4.78 is 52.9. The van der Waals surface area contributed by atoms with E-state index in [-0.39, 0.29) is 59.8 Å². The number of allylic oxidation sites excluding steroid dienone is 1. The molecule has 5 aromatic rings. The number of hydrogen-bond donors (Lipinski definition) is 2. The summed E-state index contributed by atoms with van der Waals surface area (Å²) in [6.45, 7) is -0.110. The number of ether oxygens (including phenoxy) is 3. The van der Waals surface area contributed by atoms with Crippen molar-refractivity contribution < 1.29 is 36.9 Å². The maximum atomic E-state index is 14.0. The van der Waals surface area contributed by atoms with Gasteiger partial charge in [0.25, 0.3) is 5.91 Å². The molecule has 1 amide bonds. The van der Waals surface area contributed by atoms with E-state index in [9.17, 15) is 27.9 Å². The van der Waals surface area contributed by atoms with Crippen LogP contribution in [-0.4, -0.2) is 91.0 Å². The van der Waals surface area contributed by atoms with Crippen molar-refractivity contribution in [1.82, 2.24) is 18.8 Å². The zero-order valence-corrected chi connectivity index (χ0v) is 29.9. The Labute approximate surface area is 304 Å². The summed E-state index contributed by atoms with van der Waals surface area (Å²) in [5, 5.41) is 10.1. The average molecular weight is 745 g/mol. The molecular weight excluding hydrogens is 705 g/mol. The van der Waals surface area contributed by atoms with Gasteiger partial charge in [0.1, 0.15) is 11.3 Å². The van der Waals surface area contributed by atoms with Gasteiger partial charge in [-0.25, -0.2) is 13.2 Å². The lowest BCUT2D eigenvalue weighted by Gasteiger charge is -2.35. The van der Waals surface area contributed by atoms with Crippen molar-refractivity contribution in [2.45, 2.75) is 42.4 Å². The summed E-state index contributed by atoms with van der Waals surface area (Å²) in [5.41, 5.74) is 1.88. The number of methoxy groups -OCH3 is 1. The highest BCUT2D eigenvalue weighted by molar-refractivity contribution is 7.89. The van der Waals surface area contributed by atoms with E-state index in [4.69, 9.17) is 18.6 Å². The minimum absolute atomic E-state index is 0.000381. The summed E-state index contributed by atoms with van der Waals surface area (Å²) in [6.07, 6.45) is 3.23. The molecule has 7 rings (SSSR count). The van der Waals surface area contributed by atoms with Gasteiger partial charge < -0.3 is 33.6 Å². The van der Waals surface area contributed by atoms with Crippen molar-refractivity contribution in [3.8, 4) is 5.75 Å². The first-order valence-corrected chi connectivity index (χ1v) is 18.9. The van der Waals surface area contributed by atoms with E-state index in [1.807, 2.05) is 24.3 Å². The van der Waals surface area contributed by atoms with Crippen molar-refractivity contribution in [2.24, 2.45) is 0 Å². The molecule has 278 valence electrons. The summed E-state index contributed by atoms with van der Waals surface area (Å²) >= 11 is 0. The average Bonchev–Trinajstić information content (AvgIpc) is 3.53. The largest absolute Gasteiger partial charge is 0.497 e. The number of benzene rings is 3. The van der Waals surface area contributed by atoms with Crippen LogP contribution in [0.25, 0.3) is 22.0 Å². The molecule has 2 aliphatic heterocycles. The van der Waals surface area contributed by atoms with Crippen molar-refractivity contribution in [2.75, 3.05) is 46.5 Å². The third-order valence-electron chi connectivity index (χ3n) is 9.81. The van der Waals surface area contributed by atoms with Crippen molar-refractivity contribution in [1.29, 1.82) is 0 Å². The number of carbonyl (C=O) groups excluding carboxylic acids is 1. The van der Waals surface area contributed by atoms with Crippen LogP contribution in [0.3, 0.4) is 0 Å². The Morgan fingerprint density at radius 3 is 2.49 bits per heavy atom. The van der Waals surface area contributed by atoms with Gasteiger partial charge >= 0.3 is 5.69 Å². The van der Waals surface area contributed by atoms with E-state index in [1.165, 1.54) is 37.6 Å². The fraction of sp³-hybridized carbons (Fsp3) is 0.342. The Bertz CT molecular complexity index is 2360. The Kier molecular flexibility index (Phi) is 10.5. The van der Waals surface area contributed by atoms with Crippen LogP contribution < -0.4 is 15.9 Å². The molecule has 0 radical (unpaired) electrons. The minimum Gasteiger partial charge on any atom is -0.497 e. The van der Waals surface area contributed by atoms with Gasteiger partial charge in [0.2, 0.25) is 16.3 Å². The summed E-state index contributed by atoms with van der Waals surface area (Å²) in [6, 6.07) is 20.2. The second-order valence-electron chi connectivity index (χ2n) is 13.0. The first-order chi connectivity index (χ1) is 25.7. The minimum atomic E-state index is -4.00. The van der Waals surface area contributed by atoms with Crippen molar-refractivity contribution in [3.05, 3.63) is 117 Å². The first kappa shape index (κ1) is 36.2. The number of amides is 1. The van der Waals surface area contributed by atoms with Crippen LogP contribution in [0, 0.1) is 0 Å². The molecule has 2 aliphatic rings. The number of likely N-dealkylation sites (tertiary alicyclic amines) is 1. The number of imidazole rings is 1. The van der Waals surface area contributed by atoms with E-state index in [0.717, 1.165) is 15.3 Å². The van der Waals surface area contributed by atoms with Gasteiger partial charge in [0.15, 0.2) is 11.2 Å². The normalized spacial score (nSPS) is 18.3. The lowest BCUT2D eigenvalue weighted by molar-refractivity contribution is -0.153. The molecule has 1 fully saturated rings. The van der Waals surface area contributed by atoms with Crippen LogP contribution in [-0.2, 0) is 24.3 Å². The first-order valence-electron chi connectivity index (χ1n) is 17.4. The number of nitrogens with zero attached hydrogens (tertiary/aromatic N) is 3. The van der Waals surface area contributed by atoms with Crippen LogP contribution >= 0.6 is 0 Å². The third-order valence-corrected chi connectivity index (χ3v) is 11.7. The molecule has 2 aromatic heterocycles. The van der Waals surface area contributed by atoms with Crippen LogP contribution in [0.15, 0.2) is 110 Å². The van der Waals surface area contributed by atoms with E-state index in [0.29, 0.717) is 48.2 Å². The maximum Gasteiger partial charge on any atom is 0.326 e. The van der Waals surface area contributed by atoms with E-state index < -0.39 is 28.8 Å². The molecule has 15 heteroatoms. The van der Waals surface area contributed by atoms with Gasteiger partial charge in [-0.05, 0) is 67.4 Å². The second-order valence-corrected chi connectivity index (χ2v) is 14.9. The molecule has 0 aliphatic carbocycles. The fourth-order valence-corrected chi connectivity index (χ4v) is 8.46. The molecule has 2 N–H and O–H groups in total. The molecule has 14 nitrogen and oxygen atoms in total. The monoisotopic (exact) mass is 744 g/mol. The number of para-hydroxylation sites is 3. The van der Waals surface area contributed by atoms with Gasteiger partial charge in [0, 0.05) is 50.1 Å². The Morgan fingerprint density at radius 1 is 1.00 bits per heavy atom. The number of aliphatic hydroxyl groups excluding tert-OH is 1. The van der Waals surface area contributed by atoms with E-state index in [2.05, 4.69) is 4.98 Å². The Hall–Kier alpha value is -5.22. The Balaban J connectivity index is 1.09. The fourth-order valence-electron chi connectivity index (χ4n) is 7.04. The molecule has 0 spiro atoms. The predicted octanol–water partition coefficient (Wildman–Crippen LogP) is 3.72. The molecular formula is C38H40N4O10S. The molecule has 2 unspecified atom stereocenters. The molecule has 53 heavy (non-hydrogen) atoms. The summed E-state index contributed by atoms with van der Waals surface area (Å²) in [7, 11) is -2.52. The summed E-state index contributed by atoms with van der Waals surface area (Å²) in [5.74, 6) is -0.507. The zero-order chi connectivity index (χ0) is 37.1. The highest BCUT2D eigenvalue weighted by atomic mass is 32.2. The highest BCUT2D eigenvalue weighted by Crippen LogP contribution is 2.33. The second kappa shape index (κ2) is 15.4. The zero-order valence-electron chi connectivity index (χ0n) is 29.1. The molecule has 1 saturated heterocycles. The number of sulfonamides is 1. The lowest BCUT2D eigenvalue weighted by Crippen LogP contribution is -2.43. The van der Waals surface area contributed by atoms with Crippen molar-refractivity contribution >= 4 is 37.9 Å². The number of carbonyl (C=O) groups is 1. The standard InChI is InChI=1S/C38H40N4O10S/c1-49-27-10-12-28(13-11-27)53(47,48)41(18-20-43)19-21-50-35-23-25(30-24-51-33-9-5-2-6-29(33)36(30)44)22-34(52-35)37(45)40-16-14-26(15-17-40)42-32-8-4-3-7-31(32)39-38(42)46/h2-13,22,24-26,35,43H,14-21,23H2,1H3,(H,39,46). The van der Waals surface area contributed by atoms with Crippen LogP contribution in [0.4, 0.5) is 0 Å². The lowest BCUT2D eigenvalue weighted by atomic mass is 9.93. The van der Waals surface area contributed by atoms with Crippen molar-refractivity contribution in [3.63, 3.8) is 0 Å². The maximum absolute atomic E-state index is 14.0. The highest BCUT2D eigenvalue weighted by Gasteiger charge is 2.35. The molecule has 0 saturated carbocycles. The van der Waals surface area contributed by atoms with Gasteiger partial charge in [-0.1, -0.05) is 24.3 Å². The predicted molar refractivity (Wildman–Crippen MR) is 195 cm³/mol. The van der Waals surface area contributed by atoms with Gasteiger partial charge in [-0.15, -0.1) is 0 Å². The number of aromatic amines is 1. The number of H-pyrrole nitrogens is 1. The topological polar surface area (TPSA) is 174 Å². The number of fused-ring (bicyclic) bond motifs is 2. The van der Waals surface area contributed by atoms with Gasteiger partial charge in [0.05, 0.1) is 47.9 Å². The quantitative estimate of drug-likeness (QED) is 0.192. The number of rotatable bonds is 12. The number of hydrogen-bond acceptors (Lipinski definition) is 10. The molecule has 0 bridgehead atoms. The molecule has 2 atom stereocenters. The Morgan fingerprint density at radius 2 is 1.74 bits per heavy atom. The number of nitrogens with one attached hydrogen (secondary N) is 1. The third kappa shape index (κ3) is 7.38. The van der Waals surface area contributed by atoms with E-state index in [1.54, 1.807) is 39.8 Å². The van der Waals surface area contributed by atoms with Crippen LogP contribution in [0.1, 0.15) is 36.8 Å². The number of aromatic nitrogens is 2. The van der Waals surface area contributed by atoms with Gasteiger partial charge in [-0.3, -0.25) is 14.2 Å². The van der Waals surface area contributed by atoms with Crippen LogP contribution in [0.2, 0.25) is 0 Å².